The predicted molar refractivity (Wildman–Crippen MR) is 70.5 cm³/mol. The van der Waals surface area contributed by atoms with Crippen molar-refractivity contribution in [3.63, 3.8) is 0 Å². The zero-order valence-corrected chi connectivity index (χ0v) is 11.1. The Morgan fingerprint density at radius 1 is 1.47 bits per heavy atom. The van der Waals surface area contributed by atoms with Crippen LogP contribution in [0.4, 0.5) is 0 Å². The lowest BCUT2D eigenvalue weighted by Gasteiger charge is -2.27. The molecule has 2 aliphatic rings. The number of carbonyl (C=O) groups excluding carboxylic acids is 1. The monoisotopic (exact) mass is 261 g/mol. The van der Waals surface area contributed by atoms with E-state index >= 15 is 0 Å². The molecular formula is C14H19N3O2. The summed E-state index contributed by atoms with van der Waals surface area (Å²) < 4.78 is 5.53. The second kappa shape index (κ2) is 5.27. The third-order valence-electron chi connectivity index (χ3n) is 3.82. The van der Waals surface area contributed by atoms with Gasteiger partial charge in [-0.25, -0.2) is 0 Å². The van der Waals surface area contributed by atoms with Crippen LogP contribution in [0.1, 0.15) is 11.3 Å². The third kappa shape index (κ3) is 2.77. The van der Waals surface area contributed by atoms with Gasteiger partial charge in [0.1, 0.15) is 0 Å². The molecule has 0 aliphatic carbocycles. The minimum atomic E-state index is -0.0514. The molecule has 2 fully saturated rings. The molecule has 2 aliphatic heterocycles. The van der Waals surface area contributed by atoms with E-state index in [1.165, 1.54) is 5.56 Å². The van der Waals surface area contributed by atoms with Gasteiger partial charge in [-0.05, 0) is 18.6 Å². The smallest absolute Gasteiger partial charge is 0.227 e. The summed E-state index contributed by atoms with van der Waals surface area (Å²) in [6.07, 6.45) is 1.81. The summed E-state index contributed by atoms with van der Waals surface area (Å²) in [6.45, 7) is 5.63. The Hall–Kier alpha value is -1.46. The Morgan fingerprint density at radius 2 is 2.37 bits per heavy atom. The average molecular weight is 261 g/mol. The van der Waals surface area contributed by atoms with Gasteiger partial charge in [0, 0.05) is 31.5 Å². The maximum atomic E-state index is 11.9. The number of aryl methyl sites for hydroxylation is 1. The van der Waals surface area contributed by atoms with E-state index in [0.29, 0.717) is 13.2 Å². The molecule has 19 heavy (non-hydrogen) atoms. The molecule has 0 radical (unpaired) electrons. The van der Waals surface area contributed by atoms with Crippen molar-refractivity contribution in [1.82, 2.24) is 15.2 Å². The van der Waals surface area contributed by atoms with Gasteiger partial charge in [-0.1, -0.05) is 6.07 Å². The van der Waals surface area contributed by atoms with Gasteiger partial charge in [-0.2, -0.15) is 0 Å². The molecular weight excluding hydrogens is 242 g/mol. The van der Waals surface area contributed by atoms with Crippen LogP contribution < -0.4 is 5.32 Å². The quantitative estimate of drug-likeness (QED) is 0.834. The zero-order chi connectivity index (χ0) is 13.2. The lowest BCUT2D eigenvalue weighted by Crippen LogP contribution is -2.41. The summed E-state index contributed by atoms with van der Waals surface area (Å²) in [6, 6.07) is 4.18. The lowest BCUT2D eigenvalue weighted by molar-refractivity contribution is -0.125. The Bertz CT molecular complexity index is 478. The van der Waals surface area contributed by atoms with Crippen LogP contribution >= 0.6 is 0 Å². The molecule has 3 rings (SSSR count). The molecule has 102 valence electrons. The first-order chi connectivity index (χ1) is 9.22. The van der Waals surface area contributed by atoms with Crippen molar-refractivity contribution in [3.8, 4) is 0 Å². The van der Waals surface area contributed by atoms with Crippen LogP contribution in [-0.4, -0.2) is 48.1 Å². The predicted octanol–water partition coefficient (Wildman–Crippen LogP) is 0.337. The largest absolute Gasteiger partial charge is 0.378 e. The maximum Gasteiger partial charge on any atom is 0.227 e. The molecule has 1 amide bonds. The first kappa shape index (κ1) is 12.6. The number of aromatic nitrogens is 1. The van der Waals surface area contributed by atoms with Gasteiger partial charge in [-0.15, -0.1) is 0 Å². The zero-order valence-electron chi connectivity index (χ0n) is 11.1. The molecule has 1 N–H and O–H groups in total. The average Bonchev–Trinajstić information content (AvgIpc) is 2.61. The van der Waals surface area contributed by atoms with E-state index in [0.717, 1.165) is 25.3 Å². The number of nitrogens with zero attached hydrogens (tertiary/aromatic N) is 2. The highest BCUT2D eigenvalue weighted by Crippen LogP contribution is 2.17. The van der Waals surface area contributed by atoms with Gasteiger partial charge in [0.2, 0.25) is 5.91 Å². The second-order valence-corrected chi connectivity index (χ2v) is 5.38. The summed E-state index contributed by atoms with van der Waals surface area (Å²) in [5.74, 6) is 0.0809. The standard InChI is InChI=1S/C14H19N3O2/c1-10-11(3-2-4-15-10)5-17-6-12-8-19-9-13(7-17)16-14(12)18/h2-4,12-13H,5-9H2,1H3,(H,16,18)/t12-,13+/m1/s1. The van der Waals surface area contributed by atoms with Crippen molar-refractivity contribution in [1.29, 1.82) is 0 Å². The summed E-state index contributed by atoms with van der Waals surface area (Å²) in [5, 5.41) is 3.05. The minimum Gasteiger partial charge on any atom is -0.378 e. The highest BCUT2D eigenvalue weighted by atomic mass is 16.5. The fourth-order valence-electron chi connectivity index (χ4n) is 2.78. The van der Waals surface area contributed by atoms with Crippen LogP contribution in [0.2, 0.25) is 0 Å². The van der Waals surface area contributed by atoms with Crippen molar-refractivity contribution < 1.29 is 9.53 Å². The SMILES string of the molecule is Cc1ncccc1CN1C[C@H]2COC[C@@H](C1)C(=O)N2. The van der Waals surface area contributed by atoms with Gasteiger partial charge in [-0.3, -0.25) is 14.7 Å². The maximum absolute atomic E-state index is 11.9. The van der Waals surface area contributed by atoms with E-state index in [-0.39, 0.29) is 17.9 Å². The van der Waals surface area contributed by atoms with Crippen molar-refractivity contribution in [2.75, 3.05) is 26.3 Å². The minimum absolute atomic E-state index is 0.0514. The molecule has 0 saturated carbocycles. The van der Waals surface area contributed by atoms with E-state index in [2.05, 4.69) is 21.3 Å². The summed E-state index contributed by atoms with van der Waals surface area (Å²) >= 11 is 0. The van der Waals surface area contributed by atoms with E-state index in [1.807, 2.05) is 19.2 Å². The van der Waals surface area contributed by atoms with Crippen LogP contribution in [0.3, 0.4) is 0 Å². The van der Waals surface area contributed by atoms with Gasteiger partial charge >= 0.3 is 0 Å². The Kier molecular flexibility index (Phi) is 3.48. The highest BCUT2D eigenvalue weighted by molar-refractivity contribution is 5.79. The number of nitrogens with one attached hydrogen (secondary N) is 1. The second-order valence-electron chi connectivity index (χ2n) is 5.38. The molecule has 0 aromatic carbocycles. The number of hydrogen-bond donors (Lipinski definition) is 1. The van der Waals surface area contributed by atoms with Gasteiger partial charge in [0.25, 0.3) is 0 Å². The first-order valence-corrected chi connectivity index (χ1v) is 6.73. The molecule has 5 nitrogen and oxygen atoms in total. The van der Waals surface area contributed by atoms with Gasteiger partial charge in [0.05, 0.1) is 25.2 Å². The third-order valence-corrected chi connectivity index (χ3v) is 3.82. The normalized spacial score (nSPS) is 27.7. The van der Waals surface area contributed by atoms with Gasteiger partial charge in [0.15, 0.2) is 0 Å². The van der Waals surface area contributed by atoms with Crippen LogP contribution in [-0.2, 0) is 16.1 Å². The number of hydrogen-bond acceptors (Lipinski definition) is 4. The molecule has 3 heterocycles. The molecule has 2 bridgehead atoms. The number of amides is 1. The molecule has 0 spiro atoms. The first-order valence-electron chi connectivity index (χ1n) is 6.73. The Labute approximate surface area is 113 Å². The molecule has 2 atom stereocenters. The number of rotatable bonds is 2. The highest BCUT2D eigenvalue weighted by Gasteiger charge is 2.33. The van der Waals surface area contributed by atoms with Crippen LogP contribution in [0.25, 0.3) is 0 Å². The van der Waals surface area contributed by atoms with E-state index in [9.17, 15) is 4.79 Å². The summed E-state index contributed by atoms with van der Waals surface area (Å²) in [5.41, 5.74) is 2.29. The molecule has 2 saturated heterocycles. The Balaban J connectivity index is 1.75. The van der Waals surface area contributed by atoms with Crippen LogP contribution in [0, 0.1) is 12.8 Å². The lowest BCUT2D eigenvalue weighted by atomic mass is 10.1. The summed E-state index contributed by atoms with van der Waals surface area (Å²) in [7, 11) is 0. The van der Waals surface area contributed by atoms with Crippen molar-refractivity contribution in [2.45, 2.75) is 19.5 Å². The number of pyridine rings is 1. The van der Waals surface area contributed by atoms with Gasteiger partial charge < -0.3 is 10.1 Å². The van der Waals surface area contributed by atoms with Crippen molar-refractivity contribution >= 4 is 5.91 Å². The molecule has 1 aromatic heterocycles. The van der Waals surface area contributed by atoms with Crippen molar-refractivity contribution in [2.24, 2.45) is 5.92 Å². The van der Waals surface area contributed by atoms with E-state index < -0.39 is 0 Å². The van der Waals surface area contributed by atoms with E-state index in [4.69, 9.17) is 4.74 Å². The molecule has 5 heteroatoms. The number of fused-ring (bicyclic) bond motifs is 3. The number of ether oxygens (including phenoxy) is 1. The van der Waals surface area contributed by atoms with Crippen LogP contribution in [0.5, 0.6) is 0 Å². The van der Waals surface area contributed by atoms with Crippen molar-refractivity contribution in [3.05, 3.63) is 29.6 Å². The van der Waals surface area contributed by atoms with E-state index in [1.54, 1.807) is 0 Å². The summed E-state index contributed by atoms with van der Waals surface area (Å²) in [4.78, 5) is 18.6. The van der Waals surface area contributed by atoms with Crippen LogP contribution in [0.15, 0.2) is 18.3 Å². The Morgan fingerprint density at radius 3 is 3.21 bits per heavy atom. The fraction of sp³-hybridized carbons (Fsp3) is 0.571. The molecule has 0 unspecified atom stereocenters. The number of carbonyl (C=O) groups is 1. The fourth-order valence-corrected chi connectivity index (χ4v) is 2.78. The molecule has 1 aromatic rings. The topological polar surface area (TPSA) is 54.5 Å².